The molecule has 1 aliphatic heterocycles. The first-order chi connectivity index (χ1) is 14.7. The number of halogens is 2. The molecule has 0 aromatic heterocycles. The van der Waals surface area contributed by atoms with Crippen molar-refractivity contribution in [1.29, 1.82) is 0 Å². The molecular formula is C20H17ClFN3O4S2. The Labute approximate surface area is 188 Å². The van der Waals surface area contributed by atoms with Gasteiger partial charge in [0, 0.05) is 23.7 Å². The average molecular weight is 482 g/mol. The molecule has 1 aliphatic rings. The van der Waals surface area contributed by atoms with Gasteiger partial charge in [-0.05, 0) is 48.5 Å². The zero-order chi connectivity index (χ0) is 22.6. The zero-order valence-corrected chi connectivity index (χ0v) is 18.4. The Morgan fingerprint density at radius 3 is 2.48 bits per heavy atom. The number of nitrogens with zero attached hydrogens (tertiary/aromatic N) is 2. The lowest BCUT2D eigenvalue weighted by Crippen LogP contribution is -2.33. The van der Waals surface area contributed by atoms with E-state index in [1.54, 1.807) is 24.3 Å². The molecule has 162 valence electrons. The molecule has 1 heterocycles. The van der Waals surface area contributed by atoms with Crippen molar-refractivity contribution < 1.29 is 22.4 Å². The number of anilines is 1. The van der Waals surface area contributed by atoms with E-state index in [1.165, 1.54) is 6.08 Å². The van der Waals surface area contributed by atoms with Crippen LogP contribution < -0.4 is 5.32 Å². The lowest BCUT2D eigenvalue weighted by molar-refractivity contribution is -0.127. The lowest BCUT2D eigenvalue weighted by atomic mass is 10.2. The van der Waals surface area contributed by atoms with Crippen LogP contribution in [0.1, 0.15) is 6.42 Å². The maximum atomic E-state index is 13.1. The summed E-state index contributed by atoms with van der Waals surface area (Å²) in [6, 6.07) is 10.7. The van der Waals surface area contributed by atoms with Gasteiger partial charge in [0.25, 0.3) is 10.0 Å². The molecule has 0 saturated carbocycles. The number of carbonyl (C=O) groups is 2. The van der Waals surface area contributed by atoms with Gasteiger partial charge in [0.05, 0.1) is 4.90 Å². The summed E-state index contributed by atoms with van der Waals surface area (Å²) >= 11 is 6.69. The van der Waals surface area contributed by atoms with Crippen LogP contribution >= 0.6 is 23.4 Å². The Morgan fingerprint density at radius 1 is 1.23 bits per heavy atom. The van der Waals surface area contributed by atoms with Crippen LogP contribution in [0.4, 0.5) is 10.1 Å². The molecule has 0 radical (unpaired) electrons. The van der Waals surface area contributed by atoms with Gasteiger partial charge < -0.3 is 5.32 Å². The third-order valence-electron chi connectivity index (χ3n) is 4.14. The number of thioether (sulfide) groups is 1. The molecule has 7 nitrogen and oxygen atoms in total. The van der Waals surface area contributed by atoms with Crippen LogP contribution in [0.25, 0.3) is 0 Å². The van der Waals surface area contributed by atoms with Crippen molar-refractivity contribution >= 4 is 56.1 Å². The monoisotopic (exact) mass is 481 g/mol. The second-order valence-corrected chi connectivity index (χ2v) is 9.62. The molecule has 1 atom stereocenters. The summed E-state index contributed by atoms with van der Waals surface area (Å²) in [5, 5.41) is 2.26. The second-order valence-electron chi connectivity index (χ2n) is 6.41. The highest BCUT2D eigenvalue weighted by molar-refractivity contribution is 8.16. The summed E-state index contributed by atoms with van der Waals surface area (Å²) in [6.45, 7) is 3.59. The van der Waals surface area contributed by atoms with E-state index in [9.17, 15) is 22.4 Å². The van der Waals surface area contributed by atoms with Gasteiger partial charge in [-0.1, -0.05) is 29.4 Å². The molecule has 1 N–H and O–H groups in total. The first kappa shape index (κ1) is 23.0. The number of benzene rings is 2. The van der Waals surface area contributed by atoms with Crippen molar-refractivity contribution in [3.05, 3.63) is 72.0 Å². The molecule has 31 heavy (non-hydrogen) atoms. The normalized spacial score (nSPS) is 17.7. The van der Waals surface area contributed by atoms with Gasteiger partial charge in [-0.25, -0.2) is 4.39 Å². The van der Waals surface area contributed by atoms with Crippen molar-refractivity contribution in [1.82, 2.24) is 4.90 Å². The summed E-state index contributed by atoms with van der Waals surface area (Å²) in [7, 11) is -4.18. The highest BCUT2D eigenvalue weighted by Crippen LogP contribution is 2.31. The van der Waals surface area contributed by atoms with Crippen LogP contribution in [0.2, 0.25) is 5.02 Å². The van der Waals surface area contributed by atoms with Crippen molar-refractivity contribution in [3.8, 4) is 0 Å². The number of sulfonamides is 1. The van der Waals surface area contributed by atoms with E-state index in [2.05, 4.69) is 16.3 Å². The molecule has 0 spiro atoms. The topological polar surface area (TPSA) is 95.9 Å². The maximum Gasteiger partial charge on any atom is 0.284 e. The Bertz CT molecular complexity index is 1140. The van der Waals surface area contributed by atoms with Gasteiger partial charge in [-0.2, -0.15) is 8.42 Å². The standard InChI is InChI=1S/C20H17ClFN3O4S2/c1-2-11-25-19(27)17(12-18(26)23-15-7-3-13(21)4-8-15)30-20(25)24-31(28,29)16-9-5-14(22)6-10-16/h2-10,17H,1,11-12H2,(H,23,26)/t17-/m1/s1. The molecule has 0 aliphatic carbocycles. The van der Waals surface area contributed by atoms with E-state index in [-0.39, 0.29) is 23.0 Å². The van der Waals surface area contributed by atoms with Crippen LogP contribution in [0.15, 0.2) is 70.5 Å². The van der Waals surface area contributed by atoms with Gasteiger partial charge in [-0.15, -0.1) is 11.0 Å². The Hall–Kier alpha value is -2.69. The van der Waals surface area contributed by atoms with Gasteiger partial charge in [0.2, 0.25) is 11.8 Å². The number of rotatable bonds is 7. The first-order valence-electron chi connectivity index (χ1n) is 8.94. The highest BCUT2D eigenvalue weighted by atomic mass is 35.5. The van der Waals surface area contributed by atoms with Crippen molar-refractivity contribution in [2.75, 3.05) is 11.9 Å². The molecule has 0 unspecified atom stereocenters. The fourth-order valence-electron chi connectivity index (χ4n) is 2.68. The molecule has 0 bridgehead atoms. The van der Waals surface area contributed by atoms with Crippen LogP contribution in [0.5, 0.6) is 0 Å². The smallest absolute Gasteiger partial charge is 0.284 e. The van der Waals surface area contributed by atoms with Gasteiger partial charge >= 0.3 is 0 Å². The molecule has 2 amide bonds. The average Bonchev–Trinajstić information content (AvgIpc) is 2.98. The van der Waals surface area contributed by atoms with Gasteiger partial charge in [-0.3, -0.25) is 14.5 Å². The summed E-state index contributed by atoms with van der Waals surface area (Å²) in [4.78, 5) is 26.0. The van der Waals surface area contributed by atoms with Gasteiger partial charge in [0.15, 0.2) is 5.17 Å². The summed E-state index contributed by atoms with van der Waals surface area (Å²) < 4.78 is 42.0. The fraction of sp³-hybridized carbons (Fsp3) is 0.150. The Morgan fingerprint density at radius 2 is 1.87 bits per heavy atom. The van der Waals surface area contributed by atoms with E-state index in [0.717, 1.165) is 40.9 Å². The van der Waals surface area contributed by atoms with Gasteiger partial charge in [0.1, 0.15) is 11.1 Å². The molecule has 11 heteroatoms. The number of hydrogen-bond acceptors (Lipinski definition) is 5. The first-order valence-corrected chi connectivity index (χ1v) is 11.6. The molecular weight excluding hydrogens is 465 g/mol. The third-order valence-corrected chi connectivity index (χ3v) is 6.96. The van der Waals surface area contributed by atoms with E-state index in [1.807, 2.05) is 0 Å². The SMILES string of the molecule is C=CCN1C(=O)[C@@H](CC(=O)Nc2ccc(Cl)cc2)SC1=NS(=O)(=O)c1ccc(F)cc1. The number of nitrogens with one attached hydrogen (secondary N) is 1. The minimum atomic E-state index is -4.18. The molecule has 2 aromatic carbocycles. The molecule has 2 aromatic rings. The second kappa shape index (κ2) is 9.63. The van der Waals surface area contributed by atoms with E-state index in [0.29, 0.717) is 10.7 Å². The summed E-state index contributed by atoms with van der Waals surface area (Å²) in [5.74, 6) is -1.46. The predicted molar refractivity (Wildman–Crippen MR) is 119 cm³/mol. The number of amidine groups is 1. The maximum absolute atomic E-state index is 13.1. The van der Waals surface area contributed by atoms with Crippen molar-refractivity contribution in [2.45, 2.75) is 16.6 Å². The third kappa shape index (κ3) is 5.72. The quantitative estimate of drug-likeness (QED) is 0.608. The fourth-order valence-corrected chi connectivity index (χ4v) is 5.17. The lowest BCUT2D eigenvalue weighted by Gasteiger charge is -2.13. The predicted octanol–water partition coefficient (Wildman–Crippen LogP) is 3.68. The molecule has 1 saturated heterocycles. The van der Waals surface area contributed by atoms with Crippen molar-refractivity contribution in [2.24, 2.45) is 4.40 Å². The van der Waals surface area contributed by atoms with Crippen LogP contribution in [-0.4, -0.2) is 42.1 Å². The van der Waals surface area contributed by atoms with Crippen LogP contribution in [0, 0.1) is 5.82 Å². The zero-order valence-electron chi connectivity index (χ0n) is 16.0. The molecule has 3 rings (SSSR count). The van der Waals surface area contributed by atoms with E-state index < -0.39 is 32.9 Å². The number of hydrogen-bond donors (Lipinski definition) is 1. The number of amides is 2. The Balaban J connectivity index is 1.78. The van der Waals surface area contributed by atoms with E-state index >= 15 is 0 Å². The largest absolute Gasteiger partial charge is 0.326 e. The summed E-state index contributed by atoms with van der Waals surface area (Å²) in [5.41, 5.74) is 0.514. The highest BCUT2D eigenvalue weighted by Gasteiger charge is 2.39. The minimum absolute atomic E-state index is 0.0267. The van der Waals surface area contributed by atoms with Crippen LogP contribution in [-0.2, 0) is 19.6 Å². The van der Waals surface area contributed by atoms with Crippen molar-refractivity contribution in [3.63, 3.8) is 0 Å². The number of carbonyl (C=O) groups excluding carboxylic acids is 2. The van der Waals surface area contributed by atoms with Crippen LogP contribution in [0.3, 0.4) is 0 Å². The molecule has 1 fully saturated rings. The minimum Gasteiger partial charge on any atom is -0.326 e. The summed E-state index contributed by atoms with van der Waals surface area (Å²) in [6.07, 6.45) is 1.24. The van der Waals surface area contributed by atoms with E-state index in [4.69, 9.17) is 11.6 Å². The Kier molecular flexibility index (Phi) is 7.14.